The quantitative estimate of drug-likeness (QED) is 0.678. The SMILES string of the molecule is COc1ccc(CN(C)C(=O)c2nn(-c3ccccc3C)c3c2CCC3)cc1. The van der Waals surface area contributed by atoms with Crippen molar-refractivity contribution in [2.24, 2.45) is 0 Å². The number of aromatic nitrogens is 2. The number of nitrogens with zero attached hydrogens (tertiary/aromatic N) is 3. The van der Waals surface area contributed by atoms with Crippen molar-refractivity contribution in [2.45, 2.75) is 32.7 Å². The van der Waals surface area contributed by atoms with E-state index in [0.29, 0.717) is 12.2 Å². The van der Waals surface area contributed by atoms with Gasteiger partial charge in [-0.15, -0.1) is 0 Å². The summed E-state index contributed by atoms with van der Waals surface area (Å²) in [5.74, 6) is 0.786. The molecule has 2 aromatic carbocycles. The van der Waals surface area contributed by atoms with E-state index in [1.807, 2.05) is 48.1 Å². The van der Waals surface area contributed by atoms with E-state index in [9.17, 15) is 4.79 Å². The van der Waals surface area contributed by atoms with Gasteiger partial charge in [-0.25, -0.2) is 4.68 Å². The smallest absolute Gasteiger partial charge is 0.274 e. The lowest BCUT2D eigenvalue weighted by atomic mass is 10.1. The first kappa shape index (κ1) is 18.3. The third kappa shape index (κ3) is 3.28. The Morgan fingerprint density at radius 2 is 1.89 bits per heavy atom. The third-order valence-electron chi connectivity index (χ3n) is 5.40. The Labute approximate surface area is 165 Å². The molecule has 5 heteroatoms. The van der Waals surface area contributed by atoms with Gasteiger partial charge in [0.2, 0.25) is 0 Å². The molecule has 5 nitrogen and oxygen atoms in total. The topological polar surface area (TPSA) is 47.4 Å². The molecule has 0 atom stereocenters. The molecule has 0 fully saturated rings. The fraction of sp³-hybridized carbons (Fsp3) is 0.304. The van der Waals surface area contributed by atoms with Crippen molar-refractivity contribution in [3.05, 3.63) is 76.6 Å². The van der Waals surface area contributed by atoms with Crippen LogP contribution >= 0.6 is 0 Å². The molecule has 0 N–H and O–H groups in total. The van der Waals surface area contributed by atoms with Crippen LogP contribution in [0.4, 0.5) is 0 Å². The highest BCUT2D eigenvalue weighted by molar-refractivity contribution is 5.94. The summed E-state index contributed by atoms with van der Waals surface area (Å²) >= 11 is 0. The van der Waals surface area contributed by atoms with E-state index in [4.69, 9.17) is 9.84 Å². The van der Waals surface area contributed by atoms with Crippen molar-refractivity contribution in [1.29, 1.82) is 0 Å². The van der Waals surface area contributed by atoms with Crippen molar-refractivity contribution in [1.82, 2.24) is 14.7 Å². The first-order valence-electron chi connectivity index (χ1n) is 9.63. The van der Waals surface area contributed by atoms with Crippen molar-refractivity contribution >= 4 is 5.91 Å². The van der Waals surface area contributed by atoms with Crippen molar-refractivity contribution in [2.75, 3.05) is 14.2 Å². The summed E-state index contributed by atoms with van der Waals surface area (Å²) < 4.78 is 7.18. The summed E-state index contributed by atoms with van der Waals surface area (Å²) in [5.41, 5.74) is 6.14. The molecule has 1 aliphatic rings. The Balaban J connectivity index is 1.62. The van der Waals surface area contributed by atoms with Gasteiger partial charge in [0.15, 0.2) is 5.69 Å². The van der Waals surface area contributed by atoms with Crippen LogP contribution in [0.1, 0.15) is 39.3 Å². The summed E-state index contributed by atoms with van der Waals surface area (Å²) in [6.07, 6.45) is 2.95. The molecular weight excluding hydrogens is 350 g/mol. The zero-order valence-corrected chi connectivity index (χ0v) is 16.6. The molecule has 1 heterocycles. The number of aryl methyl sites for hydroxylation is 1. The first-order valence-corrected chi connectivity index (χ1v) is 9.63. The van der Waals surface area contributed by atoms with Crippen LogP contribution in [0.2, 0.25) is 0 Å². The molecule has 1 amide bonds. The maximum Gasteiger partial charge on any atom is 0.274 e. The van der Waals surface area contributed by atoms with Crippen LogP contribution in [-0.4, -0.2) is 34.7 Å². The van der Waals surface area contributed by atoms with Gasteiger partial charge in [0.1, 0.15) is 5.75 Å². The van der Waals surface area contributed by atoms with Crippen molar-refractivity contribution in [3.8, 4) is 11.4 Å². The number of hydrogen-bond acceptors (Lipinski definition) is 3. The molecule has 0 bridgehead atoms. The number of carbonyl (C=O) groups is 1. The van der Waals surface area contributed by atoms with Crippen LogP contribution in [0.3, 0.4) is 0 Å². The predicted octanol–water partition coefficient (Wildman–Crippen LogP) is 3.95. The van der Waals surface area contributed by atoms with E-state index in [2.05, 4.69) is 19.1 Å². The number of hydrogen-bond donors (Lipinski definition) is 0. The molecule has 1 aromatic heterocycles. The Morgan fingerprint density at radius 3 is 2.61 bits per heavy atom. The maximum absolute atomic E-state index is 13.2. The Bertz CT molecular complexity index is 1010. The lowest BCUT2D eigenvalue weighted by Crippen LogP contribution is -2.27. The summed E-state index contributed by atoms with van der Waals surface area (Å²) in [4.78, 5) is 14.9. The molecule has 1 aliphatic carbocycles. The average molecular weight is 375 g/mol. The summed E-state index contributed by atoms with van der Waals surface area (Å²) in [6, 6.07) is 16.0. The highest BCUT2D eigenvalue weighted by Gasteiger charge is 2.28. The Morgan fingerprint density at radius 1 is 1.14 bits per heavy atom. The van der Waals surface area contributed by atoms with Crippen molar-refractivity contribution < 1.29 is 9.53 Å². The second-order valence-corrected chi connectivity index (χ2v) is 7.33. The van der Waals surface area contributed by atoms with Gasteiger partial charge in [0.25, 0.3) is 5.91 Å². The molecule has 4 rings (SSSR count). The molecule has 0 unspecified atom stereocenters. The zero-order valence-electron chi connectivity index (χ0n) is 16.6. The molecular formula is C23H25N3O2. The van der Waals surface area contributed by atoms with Gasteiger partial charge in [-0.05, 0) is 55.5 Å². The normalized spacial score (nSPS) is 12.7. The second kappa shape index (κ2) is 7.50. The largest absolute Gasteiger partial charge is 0.497 e. The van der Waals surface area contributed by atoms with E-state index in [1.165, 1.54) is 5.69 Å². The minimum absolute atomic E-state index is 0.0266. The number of amides is 1. The minimum atomic E-state index is -0.0266. The Hall–Kier alpha value is -3.08. The maximum atomic E-state index is 13.2. The van der Waals surface area contributed by atoms with Gasteiger partial charge in [-0.3, -0.25) is 4.79 Å². The highest BCUT2D eigenvalue weighted by atomic mass is 16.5. The van der Waals surface area contributed by atoms with Gasteiger partial charge in [-0.1, -0.05) is 30.3 Å². The average Bonchev–Trinajstić information content (AvgIpc) is 3.31. The summed E-state index contributed by atoms with van der Waals surface area (Å²) in [7, 11) is 3.48. The summed E-state index contributed by atoms with van der Waals surface area (Å²) in [5, 5.41) is 4.76. The van der Waals surface area contributed by atoms with E-state index in [0.717, 1.165) is 47.4 Å². The van der Waals surface area contributed by atoms with E-state index >= 15 is 0 Å². The standard InChI is InChI=1S/C23H25N3O2/c1-16-7-4-5-9-20(16)26-21-10-6-8-19(21)22(24-26)23(27)25(2)15-17-11-13-18(28-3)14-12-17/h4-5,7,9,11-14H,6,8,10,15H2,1-3H3. The summed E-state index contributed by atoms with van der Waals surface area (Å²) in [6.45, 7) is 2.62. The Kier molecular flexibility index (Phi) is 4.90. The molecule has 3 aromatic rings. The number of rotatable bonds is 5. The van der Waals surface area contributed by atoms with Crippen LogP contribution in [-0.2, 0) is 19.4 Å². The lowest BCUT2D eigenvalue weighted by molar-refractivity contribution is 0.0777. The van der Waals surface area contributed by atoms with Gasteiger partial charge >= 0.3 is 0 Å². The first-order chi connectivity index (χ1) is 13.6. The lowest BCUT2D eigenvalue weighted by Gasteiger charge is -2.17. The van der Waals surface area contributed by atoms with Crippen molar-refractivity contribution in [3.63, 3.8) is 0 Å². The van der Waals surface area contributed by atoms with E-state index < -0.39 is 0 Å². The van der Waals surface area contributed by atoms with Gasteiger partial charge in [0.05, 0.1) is 12.8 Å². The molecule has 144 valence electrons. The number of ether oxygens (including phenoxy) is 1. The molecule has 0 saturated carbocycles. The monoisotopic (exact) mass is 375 g/mol. The molecule has 28 heavy (non-hydrogen) atoms. The van der Waals surface area contributed by atoms with Crippen LogP contribution in [0.5, 0.6) is 5.75 Å². The number of benzene rings is 2. The van der Waals surface area contributed by atoms with E-state index in [1.54, 1.807) is 12.0 Å². The molecule has 0 saturated heterocycles. The van der Waals surface area contributed by atoms with Gasteiger partial charge in [0, 0.05) is 24.8 Å². The minimum Gasteiger partial charge on any atom is -0.497 e. The van der Waals surface area contributed by atoms with Crippen LogP contribution in [0.25, 0.3) is 5.69 Å². The fourth-order valence-electron chi connectivity index (χ4n) is 3.87. The van der Waals surface area contributed by atoms with Crippen LogP contribution < -0.4 is 4.74 Å². The number of carbonyl (C=O) groups excluding carboxylic acids is 1. The van der Waals surface area contributed by atoms with Crippen LogP contribution in [0.15, 0.2) is 48.5 Å². The van der Waals surface area contributed by atoms with E-state index in [-0.39, 0.29) is 5.91 Å². The van der Waals surface area contributed by atoms with Crippen LogP contribution in [0, 0.1) is 6.92 Å². The number of fused-ring (bicyclic) bond motifs is 1. The predicted molar refractivity (Wildman–Crippen MR) is 109 cm³/mol. The highest BCUT2D eigenvalue weighted by Crippen LogP contribution is 2.29. The second-order valence-electron chi connectivity index (χ2n) is 7.33. The van der Waals surface area contributed by atoms with Gasteiger partial charge < -0.3 is 9.64 Å². The molecule has 0 radical (unpaired) electrons. The molecule has 0 aliphatic heterocycles. The van der Waals surface area contributed by atoms with Gasteiger partial charge in [-0.2, -0.15) is 5.10 Å². The third-order valence-corrected chi connectivity index (χ3v) is 5.40. The number of para-hydroxylation sites is 1. The molecule has 0 spiro atoms. The fourth-order valence-corrected chi connectivity index (χ4v) is 3.87. The zero-order chi connectivity index (χ0) is 19.7. The number of methoxy groups -OCH3 is 1.